The molecule has 7 heteroatoms. The van der Waals surface area contributed by atoms with Crippen LogP contribution in [0.15, 0.2) is 34.0 Å². The Morgan fingerprint density at radius 1 is 1.19 bits per heavy atom. The summed E-state index contributed by atoms with van der Waals surface area (Å²) in [5, 5.41) is 1.22. The molecule has 1 aromatic carbocycles. The van der Waals surface area contributed by atoms with E-state index in [1.165, 1.54) is 4.57 Å². The topological polar surface area (TPSA) is 75.3 Å². The molecule has 7 nitrogen and oxygen atoms in total. The first kappa shape index (κ1) is 17.7. The number of fused-ring (bicyclic) bond motifs is 3. The van der Waals surface area contributed by atoms with E-state index in [1.54, 1.807) is 17.9 Å². The van der Waals surface area contributed by atoms with Gasteiger partial charge in [-0.1, -0.05) is 12.1 Å². The molecule has 0 spiro atoms. The molecule has 0 saturated carbocycles. The van der Waals surface area contributed by atoms with E-state index in [0.29, 0.717) is 54.4 Å². The van der Waals surface area contributed by atoms with E-state index >= 15 is 0 Å². The molecule has 4 rings (SSSR count). The zero-order chi connectivity index (χ0) is 19.0. The number of nitrogens with zero attached hydrogens (tertiary/aromatic N) is 3. The zero-order valence-electron chi connectivity index (χ0n) is 15.6. The Morgan fingerprint density at radius 3 is 2.67 bits per heavy atom. The fourth-order valence-corrected chi connectivity index (χ4v) is 3.90. The van der Waals surface area contributed by atoms with Gasteiger partial charge in [0.1, 0.15) is 11.3 Å². The first-order chi connectivity index (χ1) is 13.2. The predicted octanol–water partition coefficient (Wildman–Crippen LogP) is 2.17. The van der Waals surface area contributed by atoms with Gasteiger partial charge < -0.3 is 9.47 Å². The summed E-state index contributed by atoms with van der Waals surface area (Å²) in [6.07, 6.45) is 3.38. The molecule has 0 unspecified atom stereocenters. The fourth-order valence-electron chi connectivity index (χ4n) is 3.90. The van der Waals surface area contributed by atoms with Crippen LogP contribution >= 0.6 is 0 Å². The molecule has 2 aromatic heterocycles. The van der Waals surface area contributed by atoms with Gasteiger partial charge in [0.25, 0.3) is 5.56 Å². The third kappa shape index (κ3) is 2.92. The van der Waals surface area contributed by atoms with Crippen molar-refractivity contribution in [1.82, 2.24) is 14.1 Å². The number of pyridine rings is 1. The van der Waals surface area contributed by atoms with Crippen LogP contribution in [0.5, 0.6) is 5.75 Å². The number of benzene rings is 1. The van der Waals surface area contributed by atoms with Crippen molar-refractivity contribution in [2.45, 2.75) is 32.9 Å². The number of methoxy groups -OCH3 is 1. The van der Waals surface area contributed by atoms with Gasteiger partial charge in [0.15, 0.2) is 0 Å². The average Bonchev–Trinajstić information content (AvgIpc) is 2.71. The van der Waals surface area contributed by atoms with Gasteiger partial charge in [-0.25, -0.2) is 4.79 Å². The lowest BCUT2D eigenvalue weighted by molar-refractivity contribution is 0.0611. The number of hydrogen-bond donors (Lipinski definition) is 0. The predicted molar refractivity (Wildman–Crippen MR) is 104 cm³/mol. The third-order valence-electron chi connectivity index (χ3n) is 5.36. The maximum Gasteiger partial charge on any atom is 0.331 e. The van der Waals surface area contributed by atoms with Crippen molar-refractivity contribution in [3.63, 3.8) is 0 Å². The van der Waals surface area contributed by atoms with Crippen molar-refractivity contribution in [3.8, 4) is 5.75 Å². The molecule has 142 valence electrons. The van der Waals surface area contributed by atoms with E-state index in [-0.39, 0.29) is 11.2 Å². The minimum Gasteiger partial charge on any atom is -0.494 e. The lowest BCUT2D eigenvalue weighted by Crippen LogP contribution is -2.41. The Labute approximate surface area is 156 Å². The van der Waals surface area contributed by atoms with Gasteiger partial charge in [-0.05, 0) is 31.7 Å². The van der Waals surface area contributed by atoms with E-state index in [2.05, 4.69) is 4.98 Å². The van der Waals surface area contributed by atoms with Gasteiger partial charge in [0, 0.05) is 37.9 Å². The number of aromatic nitrogens is 3. The standard InChI is InChI=1S/C20H23N3O4/c1-3-22-19(24)15-11-21-17-14(5-4-6-16(17)26-2)18(15)23(20(22)25)12-13-7-9-27-10-8-13/h4-6,11,13H,3,7-10,12H2,1-2H3. The van der Waals surface area contributed by atoms with E-state index < -0.39 is 0 Å². The molecule has 0 atom stereocenters. The fraction of sp³-hybridized carbons (Fsp3) is 0.450. The zero-order valence-corrected chi connectivity index (χ0v) is 15.6. The number of ether oxygens (including phenoxy) is 2. The molecule has 0 radical (unpaired) electrons. The normalized spacial score (nSPS) is 15.5. The minimum absolute atomic E-state index is 0.267. The lowest BCUT2D eigenvalue weighted by atomic mass is 10.00. The van der Waals surface area contributed by atoms with Crippen LogP contribution in [0, 0.1) is 5.92 Å². The van der Waals surface area contributed by atoms with E-state index in [9.17, 15) is 9.59 Å². The van der Waals surface area contributed by atoms with Gasteiger partial charge >= 0.3 is 5.69 Å². The smallest absolute Gasteiger partial charge is 0.331 e. The third-order valence-corrected chi connectivity index (χ3v) is 5.36. The van der Waals surface area contributed by atoms with Gasteiger partial charge in [-0.3, -0.25) is 18.9 Å². The van der Waals surface area contributed by atoms with E-state index in [1.807, 2.05) is 25.1 Å². The van der Waals surface area contributed by atoms with Gasteiger partial charge in [0.2, 0.25) is 0 Å². The summed E-state index contributed by atoms with van der Waals surface area (Å²) in [6, 6.07) is 5.58. The van der Waals surface area contributed by atoms with Crippen molar-refractivity contribution in [2.24, 2.45) is 5.92 Å². The average molecular weight is 369 g/mol. The molecule has 1 aliphatic heterocycles. The van der Waals surface area contributed by atoms with Crippen molar-refractivity contribution in [2.75, 3.05) is 20.3 Å². The highest BCUT2D eigenvalue weighted by atomic mass is 16.5. The molecule has 27 heavy (non-hydrogen) atoms. The van der Waals surface area contributed by atoms with Crippen LogP contribution in [0.2, 0.25) is 0 Å². The van der Waals surface area contributed by atoms with Crippen molar-refractivity contribution < 1.29 is 9.47 Å². The number of para-hydroxylation sites is 1. The summed E-state index contributed by atoms with van der Waals surface area (Å²) in [4.78, 5) is 30.5. The highest BCUT2D eigenvalue weighted by Gasteiger charge is 2.21. The maximum atomic E-state index is 13.1. The van der Waals surface area contributed by atoms with Crippen LogP contribution in [0.1, 0.15) is 19.8 Å². The Morgan fingerprint density at radius 2 is 1.96 bits per heavy atom. The second-order valence-corrected chi connectivity index (χ2v) is 6.88. The Bertz CT molecular complexity index is 1110. The molecule has 0 N–H and O–H groups in total. The molecule has 0 bridgehead atoms. The SMILES string of the molecule is CCn1c(=O)c2cnc3c(OC)cccc3c2n(CC2CCOCC2)c1=O. The molecular formula is C20H23N3O4. The van der Waals surface area contributed by atoms with Crippen LogP contribution in [0.25, 0.3) is 21.8 Å². The van der Waals surface area contributed by atoms with Crippen LogP contribution < -0.4 is 16.0 Å². The molecule has 1 saturated heterocycles. The quantitative estimate of drug-likeness (QED) is 0.659. The molecular weight excluding hydrogens is 346 g/mol. The van der Waals surface area contributed by atoms with Crippen LogP contribution in [-0.2, 0) is 17.8 Å². The first-order valence-corrected chi connectivity index (χ1v) is 9.32. The number of hydrogen-bond acceptors (Lipinski definition) is 5. The van der Waals surface area contributed by atoms with Crippen LogP contribution in [0.4, 0.5) is 0 Å². The second-order valence-electron chi connectivity index (χ2n) is 6.88. The highest BCUT2D eigenvalue weighted by molar-refractivity contribution is 6.04. The Hall–Kier alpha value is -2.67. The molecule has 1 fully saturated rings. The Balaban J connectivity index is 2.07. The van der Waals surface area contributed by atoms with Crippen molar-refractivity contribution >= 4 is 21.8 Å². The van der Waals surface area contributed by atoms with E-state index in [0.717, 1.165) is 18.2 Å². The summed E-state index contributed by atoms with van der Waals surface area (Å²) < 4.78 is 13.9. The maximum absolute atomic E-state index is 13.1. The molecule has 0 amide bonds. The van der Waals surface area contributed by atoms with Gasteiger partial charge in [-0.15, -0.1) is 0 Å². The van der Waals surface area contributed by atoms with Gasteiger partial charge in [-0.2, -0.15) is 0 Å². The number of rotatable bonds is 4. The summed E-state index contributed by atoms with van der Waals surface area (Å²) in [5.41, 5.74) is 0.737. The first-order valence-electron chi connectivity index (χ1n) is 9.32. The summed E-state index contributed by atoms with van der Waals surface area (Å²) in [5.74, 6) is 0.968. The Kier molecular flexibility index (Phi) is 4.70. The van der Waals surface area contributed by atoms with Crippen LogP contribution in [0.3, 0.4) is 0 Å². The largest absolute Gasteiger partial charge is 0.494 e. The summed E-state index contributed by atoms with van der Waals surface area (Å²) in [6.45, 7) is 4.12. The van der Waals surface area contributed by atoms with E-state index in [4.69, 9.17) is 9.47 Å². The molecule has 0 aliphatic carbocycles. The molecule has 3 heterocycles. The van der Waals surface area contributed by atoms with Gasteiger partial charge in [0.05, 0.1) is 18.0 Å². The monoisotopic (exact) mass is 369 g/mol. The lowest BCUT2D eigenvalue weighted by Gasteiger charge is -2.24. The summed E-state index contributed by atoms with van der Waals surface area (Å²) in [7, 11) is 1.59. The second kappa shape index (κ2) is 7.15. The van der Waals surface area contributed by atoms with Crippen molar-refractivity contribution in [1.29, 1.82) is 0 Å². The molecule has 1 aliphatic rings. The highest BCUT2D eigenvalue weighted by Crippen LogP contribution is 2.28. The van der Waals surface area contributed by atoms with Crippen molar-refractivity contribution in [3.05, 3.63) is 45.2 Å². The minimum atomic E-state index is -0.294. The molecule has 3 aromatic rings. The van der Waals surface area contributed by atoms with Crippen LogP contribution in [-0.4, -0.2) is 34.4 Å². The summed E-state index contributed by atoms with van der Waals surface area (Å²) >= 11 is 0.